The highest BCUT2D eigenvalue weighted by molar-refractivity contribution is 6.07. The van der Waals surface area contributed by atoms with E-state index < -0.39 is 0 Å². The molecular formula is C36H32N2. The molecule has 38 heavy (non-hydrogen) atoms. The van der Waals surface area contributed by atoms with Gasteiger partial charge in [-0.2, -0.15) is 0 Å². The molecule has 3 aromatic rings. The number of rotatable bonds is 5. The number of aliphatic imine (C=N–C) groups is 1. The van der Waals surface area contributed by atoms with Crippen LogP contribution in [0.5, 0.6) is 0 Å². The molecule has 0 aliphatic heterocycles. The maximum Gasteiger partial charge on any atom is 0.0633 e. The second-order valence-electron chi connectivity index (χ2n) is 10.1. The van der Waals surface area contributed by atoms with Crippen LogP contribution in [-0.4, -0.2) is 5.71 Å². The average Bonchev–Trinajstić information content (AvgIpc) is 2.98. The fourth-order valence-corrected chi connectivity index (χ4v) is 5.67. The van der Waals surface area contributed by atoms with Gasteiger partial charge in [-0.25, -0.2) is 0 Å². The smallest absolute Gasteiger partial charge is 0.0633 e. The minimum atomic E-state index is -0.0158. The molecule has 186 valence electrons. The van der Waals surface area contributed by atoms with Crippen molar-refractivity contribution in [2.75, 3.05) is 5.73 Å². The van der Waals surface area contributed by atoms with Crippen LogP contribution in [0.2, 0.25) is 0 Å². The molecule has 3 aliphatic rings. The normalized spacial score (nSPS) is 18.9. The number of fused-ring (bicyclic) bond motifs is 1. The summed E-state index contributed by atoms with van der Waals surface area (Å²) in [5, 5.41) is 0. The third kappa shape index (κ3) is 4.66. The molecule has 1 atom stereocenters. The van der Waals surface area contributed by atoms with Gasteiger partial charge in [0, 0.05) is 17.2 Å². The fourth-order valence-electron chi connectivity index (χ4n) is 5.67. The van der Waals surface area contributed by atoms with E-state index in [-0.39, 0.29) is 5.92 Å². The van der Waals surface area contributed by atoms with E-state index in [1.165, 1.54) is 33.4 Å². The van der Waals surface area contributed by atoms with Crippen molar-refractivity contribution in [2.45, 2.75) is 31.6 Å². The SMILES string of the molecule is C=C(N=C1C=CC=CC1c1cc(C2=CC=CCC2)ccc1-c1c(N)ccc2c1C=CCC2)c1ccccc1. The first kappa shape index (κ1) is 23.9. The van der Waals surface area contributed by atoms with Gasteiger partial charge in [-0.1, -0.05) is 104 Å². The topological polar surface area (TPSA) is 38.4 Å². The van der Waals surface area contributed by atoms with Crippen molar-refractivity contribution in [1.82, 2.24) is 0 Å². The van der Waals surface area contributed by atoms with Crippen LogP contribution in [0, 0.1) is 0 Å². The van der Waals surface area contributed by atoms with Crippen LogP contribution in [0.4, 0.5) is 5.69 Å². The molecule has 0 spiro atoms. The zero-order valence-corrected chi connectivity index (χ0v) is 21.6. The molecule has 0 radical (unpaired) electrons. The first-order valence-electron chi connectivity index (χ1n) is 13.4. The van der Waals surface area contributed by atoms with Gasteiger partial charge in [0.2, 0.25) is 0 Å². The molecule has 0 saturated heterocycles. The van der Waals surface area contributed by atoms with E-state index in [2.05, 4.69) is 104 Å². The minimum Gasteiger partial charge on any atom is -0.398 e. The lowest BCUT2D eigenvalue weighted by atomic mass is 9.80. The van der Waals surface area contributed by atoms with Gasteiger partial charge in [0.15, 0.2) is 0 Å². The zero-order chi connectivity index (χ0) is 25.9. The van der Waals surface area contributed by atoms with Crippen molar-refractivity contribution in [1.29, 1.82) is 0 Å². The highest BCUT2D eigenvalue weighted by Crippen LogP contribution is 2.42. The highest BCUT2D eigenvalue weighted by atomic mass is 14.8. The number of hydrogen-bond donors (Lipinski definition) is 1. The lowest BCUT2D eigenvalue weighted by Gasteiger charge is -2.25. The van der Waals surface area contributed by atoms with Crippen molar-refractivity contribution in [3.8, 4) is 11.1 Å². The lowest BCUT2D eigenvalue weighted by Crippen LogP contribution is -2.13. The molecule has 0 aromatic heterocycles. The molecule has 6 rings (SSSR count). The predicted molar refractivity (Wildman–Crippen MR) is 164 cm³/mol. The summed E-state index contributed by atoms with van der Waals surface area (Å²) in [5.74, 6) is -0.0158. The second kappa shape index (κ2) is 10.5. The van der Waals surface area contributed by atoms with Gasteiger partial charge in [0.1, 0.15) is 0 Å². The van der Waals surface area contributed by atoms with Crippen molar-refractivity contribution in [3.05, 3.63) is 144 Å². The van der Waals surface area contributed by atoms with Crippen LogP contribution in [-0.2, 0) is 6.42 Å². The summed E-state index contributed by atoms with van der Waals surface area (Å²) in [6.45, 7) is 4.30. The van der Waals surface area contributed by atoms with Crippen LogP contribution in [0.3, 0.4) is 0 Å². The number of anilines is 1. The number of allylic oxidation sites excluding steroid dienone is 9. The monoisotopic (exact) mass is 492 g/mol. The summed E-state index contributed by atoms with van der Waals surface area (Å²) < 4.78 is 0. The maximum absolute atomic E-state index is 6.72. The molecular weight excluding hydrogens is 460 g/mol. The molecule has 0 bridgehead atoms. The number of aryl methyl sites for hydroxylation is 1. The van der Waals surface area contributed by atoms with Crippen molar-refractivity contribution < 1.29 is 0 Å². The minimum absolute atomic E-state index is 0.0158. The van der Waals surface area contributed by atoms with Gasteiger partial charge < -0.3 is 5.73 Å². The molecule has 0 heterocycles. The summed E-state index contributed by atoms with van der Waals surface area (Å²) in [6, 6.07) is 21.3. The third-order valence-electron chi connectivity index (χ3n) is 7.64. The Kier molecular flexibility index (Phi) is 6.62. The van der Waals surface area contributed by atoms with Crippen LogP contribution >= 0.6 is 0 Å². The van der Waals surface area contributed by atoms with Gasteiger partial charge >= 0.3 is 0 Å². The molecule has 2 N–H and O–H groups in total. The number of benzene rings is 3. The Balaban J connectivity index is 1.53. The van der Waals surface area contributed by atoms with Gasteiger partial charge in [0.05, 0.1) is 11.4 Å². The van der Waals surface area contributed by atoms with Gasteiger partial charge in [-0.15, -0.1) is 0 Å². The van der Waals surface area contributed by atoms with E-state index in [4.69, 9.17) is 10.7 Å². The molecule has 3 aromatic carbocycles. The summed E-state index contributed by atoms with van der Waals surface area (Å²) in [4.78, 5) is 5.06. The largest absolute Gasteiger partial charge is 0.398 e. The molecule has 3 aliphatic carbocycles. The predicted octanol–water partition coefficient (Wildman–Crippen LogP) is 8.95. The Labute approximate surface area is 225 Å². The van der Waals surface area contributed by atoms with Crippen molar-refractivity contribution in [2.24, 2.45) is 4.99 Å². The molecule has 0 fully saturated rings. The Morgan fingerprint density at radius 3 is 2.58 bits per heavy atom. The van der Waals surface area contributed by atoms with Crippen LogP contribution < -0.4 is 5.73 Å². The first-order chi connectivity index (χ1) is 18.7. The third-order valence-corrected chi connectivity index (χ3v) is 7.64. The van der Waals surface area contributed by atoms with E-state index in [1.807, 2.05) is 18.2 Å². The van der Waals surface area contributed by atoms with Crippen LogP contribution in [0.15, 0.2) is 121 Å². The molecule has 1 unspecified atom stereocenters. The van der Waals surface area contributed by atoms with Gasteiger partial charge in [-0.3, -0.25) is 4.99 Å². The fraction of sp³-hybridized carbons (Fsp3) is 0.139. The summed E-state index contributed by atoms with van der Waals surface area (Å²) >= 11 is 0. The first-order valence-corrected chi connectivity index (χ1v) is 13.4. The lowest BCUT2D eigenvalue weighted by molar-refractivity contribution is 0.986. The Morgan fingerprint density at radius 1 is 0.868 bits per heavy atom. The second-order valence-corrected chi connectivity index (χ2v) is 10.1. The van der Waals surface area contributed by atoms with E-state index in [9.17, 15) is 0 Å². The van der Waals surface area contributed by atoms with E-state index in [0.29, 0.717) is 0 Å². The molecule has 0 amide bonds. The Bertz CT molecular complexity index is 1580. The molecule has 0 saturated carbocycles. The summed E-state index contributed by atoms with van der Waals surface area (Å²) in [6.07, 6.45) is 23.9. The maximum atomic E-state index is 6.72. The van der Waals surface area contributed by atoms with Gasteiger partial charge in [-0.05, 0) is 82.8 Å². The highest BCUT2D eigenvalue weighted by Gasteiger charge is 2.24. The van der Waals surface area contributed by atoms with Gasteiger partial charge in [0.25, 0.3) is 0 Å². The van der Waals surface area contributed by atoms with E-state index >= 15 is 0 Å². The Morgan fingerprint density at radius 2 is 1.74 bits per heavy atom. The van der Waals surface area contributed by atoms with E-state index in [1.54, 1.807) is 0 Å². The standard InChI is InChI=1S/C36H32N2/c1-25(26-12-4-2-5-13-26)38-35-19-11-10-18-31(35)33-24-29(27-14-6-3-7-15-27)20-22-32(33)36-30-17-9-8-16-28(30)21-23-34(36)37/h2-6,9-14,17-24,31H,1,7-8,15-16,37H2. The average molecular weight is 493 g/mol. The Hall–Kier alpha value is -4.43. The zero-order valence-electron chi connectivity index (χ0n) is 21.6. The van der Waals surface area contributed by atoms with Crippen molar-refractivity contribution >= 4 is 28.7 Å². The molecule has 2 nitrogen and oxygen atoms in total. The molecule has 2 heteroatoms. The van der Waals surface area contributed by atoms with E-state index in [0.717, 1.165) is 53.9 Å². The quantitative estimate of drug-likeness (QED) is 0.355. The van der Waals surface area contributed by atoms with Crippen molar-refractivity contribution in [3.63, 3.8) is 0 Å². The number of nitrogens with two attached hydrogens (primary N) is 1. The van der Waals surface area contributed by atoms with Crippen LogP contribution in [0.1, 0.15) is 53.0 Å². The van der Waals surface area contributed by atoms with Crippen LogP contribution in [0.25, 0.3) is 28.5 Å². The summed E-state index contributed by atoms with van der Waals surface area (Å²) in [7, 11) is 0. The number of nitrogen functional groups attached to an aromatic ring is 1. The number of nitrogens with zero attached hydrogens (tertiary/aromatic N) is 1. The number of hydrogen-bond acceptors (Lipinski definition) is 2. The summed E-state index contributed by atoms with van der Waals surface area (Å²) in [5.41, 5.74) is 19.1.